The van der Waals surface area contributed by atoms with Gasteiger partial charge >= 0.3 is 0 Å². The SMILES string of the molecule is NCCOc1ccc(C(=O)Nc2ccc(F)cc2)cc1. The largest absolute Gasteiger partial charge is 0.492 e. The predicted molar refractivity (Wildman–Crippen MR) is 75.3 cm³/mol. The minimum absolute atomic E-state index is 0.262. The Labute approximate surface area is 116 Å². The van der Waals surface area contributed by atoms with E-state index in [0.717, 1.165) is 0 Å². The number of benzene rings is 2. The lowest BCUT2D eigenvalue weighted by Gasteiger charge is -2.07. The van der Waals surface area contributed by atoms with Gasteiger partial charge in [0, 0.05) is 17.8 Å². The number of rotatable bonds is 5. The lowest BCUT2D eigenvalue weighted by Crippen LogP contribution is -2.12. The van der Waals surface area contributed by atoms with Gasteiger partial charge in [0.05, 0.1) is 0 Å². The molecule has 0 aliphatic rings. The first-order valence-corrected chi connectivity index (χ1v) is 6.19. The van der Waals surface area contributed by atoms with Gasteiger partial charge in [-0.3, -0.25) is 4.79 Å². The van der Waals surface area contributed by atoms with Gasteiger partial charge in [-0.05, 0) is 48.5 Å². The molecule has 3 N–H and O–H groups in total. The summed E-state index contributed by atoms with van der Waals surface area (Å²) >= 11 is 0. The van der Waals surface area contributed by atoms with Gasteiger partial charge in [0.2, 0.25) is 0 Å². The lowest BCUT2D eigenvalue weighted by molar-refractivity contribution is 0.102. The van der Waals surface area contributed by atoms with Crippen molar-refractivity contribution in [2.24, 2.45) is 5.73 Å². The highest BCUT2D eigenvalue weighted by atomic mass is 19.1. The van der Waals surface area contributed by atoms with Crippen molar-refractivity contribution in [2.75, 3.05) is 18.5 Å². The van der Waals surface area contributed by atoms with Crippen LogP contribution in [-0.2, 0) is 0 Å². The van der Waals surface area contributed by atoms with Gasteiger partial charge in [-0.1, -0.05) is 0 Å². The first kappa shape index (κ1) is 14.0. The van der Waals surface area contributed by atoms with Crippen LogP contribution in [0, 0.1) is 5.82 Å². The van der Waals surface area contributed by atoms with Gasteiger partial charge in [-0.2, -0.15) is 0 Å². The second-order valence-electron chi connectivity index (χ2n) is 4.12. The fourth-order valence-corrected chi connectivity index (χ4v) is 1.62. The van der Waals surface area contributed by atoms with Gasteiger partial charge in [0.25, 0.3) is 5.91 Å². The summed E-state index contributed by atoms with van der Waals surface area (Å²) in [5.74, 6) is 0.0557. The molecule has 0 bridgehead atoms. The number of amides is 1. The molecule has 0 spiro atoms. The highest BCUT2D eigenvalue weighted by molar-refractivity contribution is 6.04. The maximum Gasteiger partial charge on any atom is 0.255 e. The minimum atomic E-state index is -0.343. The molecule has 0 aromatic heterocycles. The standard InChI is InChI=1S/C15H15FN2O2/c16-12-3-5-13(6-4-12)18-15(19)11-1-7-14(8-2-11)20-10-9-17/h1-8H,9-10,17H2,(H,18,19). The first-order chi connectivity index (χ1) is 9.69. The number of ether oxygens (including phenoxy) is 1. The molecule has 0 radical (unpaired) electrons. The second-order valence-corrected chi connectivity index (χ2v) is 4.12. The van der Waals surface area contributed by atoms with E-state index in [1.165, 1.54) is 24.3 Å². The number of carbonyl (C=O) groups is 1. The Balaban J connectivity index is 2.00. The highest BCUT2D eigenvalue weighted by Gasteiger charge is 2.06. The van der Waals surface area contributed by atoms with Crippen molar-refractivity contribution in [3.8, 4) is 5.75 Å². The predicted octanol–water partition coefficient (Wildman–Crippen LogP) is 2.42. The van der Waals surface area contributed by atoms with Crippen molar-refractivity contribution in [3.05, 3.63) is 59.9 Å². The maximum atomic E-state index is 12.8. The fourth-order valence-electron chi connectivity index (χ4n) is 1.62. The number of nitrogens with one attached hydrogen (secondary N) is 1. The second kappa shape index (κ2) is 6.68. The van der Waals surface area contributed by atoms with Crippen LogP contribution in [0.25, 0.3) is 0 Å². The maximum absolute atomic E-state index is 12.8. The lowest BCUT2D eigenvalue weighted by atomic mass is 10.2. The zero-order chi connectivity index (χ0) is 14.4. The molecule has 2 aromatic carbocycles. The molecule has 20 heavy (non-hydrogen) atoms. The molecule has 0 saturated heterocycles. The number of nitrogens with two attached hydrogens (primary N) is 1. The van der Waals surface area contributed by atoms with E-state index in [4.69, 9.17) is 10.5 Å². The number of anilines is 1. The summed E-state index contributed by atoms with van der Waals surface area (Å²) in [6.07, 6.45) is 0. The summed E-state index contributed by atoms with van der Waals surface area (Å²) in [5, 5.41) is 2.68. The van der Waals surface area contributed by atoms with E-state index >= 15 is 0 Å². The van der Waals surface area contributed by atoms with Gasteiger partial charge in [0.15, 0.2) is 0 Å². The Bertz CT molecular complexity index is 567. The molecule has 0 saturated carbocycles. The number of hydrogen-bond donors (Lipinski definition) is 2. The number of hydrogen-bond acceptors (Lipinski definition) is 3. The third kappa shape index (κ3) is 3.80. The van der Waals surface area contributed by atoms with Crippen LogP contribution in [-0.4, -0.2) is 19.1 Å². The van der Waals surface area contributed by atoms with E-state index in [1.807, 2.05) is 0 Å². The van der Waals surface area contributed by atoms with Crippen LogP contribution in [0.1, 0.15) is 10.4 Å². The van der Waals surface area contributed by atoms with Crippen LogP contribution in [0.5, 0.6) is 5.75 Å². The van der Waals surface area contributed by atoms with Crippen LogP contribution in [0.15, 0.2) is 48.5 Å². The Morgan fingerprint density at radius 3 is 2.35 bits per heavy atom. The Hall–Kier alpha value is -2.40. The van der Waals surface area contributed by atoms with Gasteiger partial charge < -0.3 is 15.8 Å². The fraction of sp³-hybridized carbons (Fsp3) is 0.133. The number of carbonyl (C=O) groups excluding carboxylic acids is 1. The van der Waals surface area contributed by atoms with E-state index in [0.29, 0.717) is 30.2 Å². The summed E-state index contributed by atoms with van der Waals surface area (Å²) in [7, 11) is 0. The first-order valence-electron chi connectivity index (χ1n) is 6.19. The van der Waals surface area contributed by atoms with Crippen LogP contribution < -0.4 is 15.8 Å². The Morgan fingerprint density at radius 1 is 1.10 bits per heavy atom. The molecule has 1 amide bonds. The monoisotopic (exact) mass is 274 g/mol. The summed E-state index contributed by atoms with van der Waals surface area (Å²) < 4.78 is 18.1. The summed E-state index contributed by atoms with van der Waals surface area (Å²) in [4.78, 5) is 12.0. The van der Waals surface area contributed by atoms with Crippen LogP contribution >= 0.6 is 0 Å². The molecule has 5 heteroatoms. The van der Waals surface area contributed by atoms with Gasteiger partial charge in [-0.15, -0.1) is 0 Å². The molecule has 0 atom stereocenters. The average Bonchev–Trinajstić information content (AvgIpc) is 2.48. The molecular weight excluding hydrogens is 259 g/mol. The topological polar surface area (TPSA) is 64.3 Å². The number of halogens is 1. The molecule has 2 rings (SSSR count). The average molecular weight is 274 g/mol. The van der Waals surface area contributed by atoms with E-state index in [9.17, 15) is 9.18 Å². The van der Waals surface area contributed by atoms with Crippen molar-refractivity contribution < 1.29 is 13.9 Å². The van der Waals surface area contributed by atoms with Crippen LogP contribution in [0.3, 0.4) is 0 Å². The normalized spacial score (nSPS) is 10.1. The van der Waals surface area contributed by atoms with Crippen molar-refractivity contribution in [1.82, 2.24) is 0 Å². The summed E-state index contributed by atoms with van der Waals surface area (Å²) in [5.41, 5.74) is 6.37. The van der Waals surface area contributed by atoms with E-state index in [-0.39, 0.29) is 11.7 Å². The molecule has 0 fully saturated rings. The molecule has 4 nitrogen and oxygen atoms in total. The molecule has 104 valence electrons. The third-order valence-corrected chi connectivity index (χ3v) is 2.61. The van der Waals surface area contributed by atoms with Gasteiger partial charge in [-0.25, -0.2) is 4.39 Å². The molecule has 2 aromatic rings. The molecule has 0 unspecified atom stereocenters. The van der Waals surface area contributed by atoms with E-state index in [2.05, 4.69) is 5.32 Å². The minimum Gasteiger partial charge on any atom is -0.492 e. The molecule has 0 heterocycles. The third-order valence-electron chi connectivity index (χ3n) is 2.61. The van der Waals surface area contributed by atoms with Crippen molar-refractivity contribution in [1.29, 1.82) is 0 Å². The molecule has 0 aliphatic heterocycles. The van der Waals surface area contributed by atoms with E-state index < -0.39 is 0 Å². The van der Waals surface area contributed by atoms with Gasteiger partial charge in [0.1, 0.15) is 18.2 Å². The smallest absolute Gasteiger partial charge is 0.255 e. The zero-order valence-electron chi connectivity index (χ0n) is 10.8. The molecule has 0 aliphatic carbocycles. The zero-order valence-corrected chi connectivity index (χ0v) is 10.8. The van der Waals surface area contributed by atoms with Crippen molar-refractivity contribution in [3.63, 3.8) is 0 Å². The summed E-state index contributed by atoms with van der Waals surface area (Å²) in [6, 6.07) is 12.3. The Morgan fingerprint density at radius 2 is 1.75 bits per heavy atom. The van der Waals surface area contributed by atoms with Crippen molar-refractivity contribution >= 4 is 11.6 Å². The quantitative estimate of drug-likeness (QED) is 0.880. The van der Waals surface area contributed by atoms with E-state index in [1.54, 1.807) is 24.3 Å². The Kier molecular flexibility index (Phi) is 4.68. The van der Waals surface area contributed by atoms with Crippen LogP contribution in [0.4, 0.5) is 10.1 Å². The highest BCUT2D eigenvalue weighted by Crippen LogP contribution is 2.14. The summed E-state index contributed by atoms with van der Waals surface area (Å²) in [6.45, 7) is 0.869. The van der Waals surface area contributed by atoms with Crippen LogP contribution in [0.2, 0.25) is 0 Å². The molecular formula is C15H15FN2O2. The van der Waals surface area contributed by atoms with Crippen molar-refractivity contribution in [2.45, 2.75) is 0 Å².